The van der Waals surface area contributed by atoms with Gasteiger partial charge in [-0.1, -0.05) is 0 Å². The number of hydrogen-bond acceptors (Lipinski definition) is 4. The molecule has 1 aromatic carbocycles. The van der Waals surface area contributed by atoms with Crippen LogP contribution < -0.4 is 10.6 Å². The van der Waals surface area contributed by atoms with E-state index in [1.807, 2.05) is 0 Å². The van der Waals surface area contributed by atoms with Crippen LogP contribution in [0.15, 0.2) is 24.3 Å². The topological polar surface area (TPSA) is 75.1 Å². The number of nitrogens with zero attached hydrogens (tertiary/aromatic N) is 4. The molecule has 2 aliphatic rings. The van der Waals surface area contributed by atoms with E-state index in [1.165, 1.54) is 12.1 Å². The maximum absolute atomic E-state index is 13.3. The minimum Gasteiger partial charge on any atom is -0.338 e. The van der Waals surface area contributed by atoms with E-state index < -0.39 is 0 Å². The zero-order valence-corrected chi connectivity index (χ0v) is 16.9. The number of halogens is 1. The number of amides is 2. The normalized spacial score (nSPS) is 18.0. The van der Waals surface area contributed by atoms with Crippen molar-refractivity contribution in [2.24, 2.45) is 0 Å². The summed E-state index contributed by atoms with van der Waals surface area (Å²) in [6.07, 6.45) is 5.70. The second-order valence-corrected chi connectivity index (χ2v) is 8.14. The highest BCUT2D eigenvalue weighted by atomic mass is 19.1. The van der Waals surface area contributed by atoms with Gasteiger partial charge in [0.25, 0.3) is 0 Å². The molecule has 1 aromatic heterocycles. The molecule has 0 radical (unpaired) electrons. The summed E-state index contributed by atoms with van der Waals surface area (Å²) in [5.41, 5.74) is 0.890. The van der Waals surface area contributed by atoms with Crippen molar-refractivity contribution in [1.29, 1.82) is 0 Å². The maximum Gasteiger partial charge on any atom is 0.315 e. The zero-order valence-electron chi connectivity index (χ0n) is 16.9. The van der Waals surface area contributed by atoms with Crippen molar-refractivity contribution in [3.8, 4) is 5.69 Å². The molecule has 2 N–H and O–H groups in total. The molecule has 0 bridgehead atoms. The lowest BCUT2D eigenvalue weighted by molar-refractivity contribution is 0.214. The van der Waals surface area contributed by atoms with Crippen molar-refractivity contribution in [3.05, 3.63) is 41.7 Å². The van der Waals surface area contributed by atoms with Crippen LogP contribution in [0.1, 0.15) is 49.7 Å². The average molecular weight is 401 g/mol. The lowest BCUT2D eigenvalue weighted by atomic mass is 10.1. The quantitative estimate of drug-likeness (QED) is 0.701. The molecule has 2 fully saturated rings. The molecule has 1 aliphatic heterocycles. The molecule has 1 aliphatic carbocycles. The van der Waals surface area contributed by atoms with Gasteiger partial charge in [0.1, 0.15) is 17.5 Å². The SMILES string of the molecule is CN1CCC(NC(=O)NCCCc2nnc(C3CC3)n2-c2ccc(F)cc2)CC1. The van der Waals surface area contributed by atoms with E-state index in [0.29, 0.717) is 18.9 Å². The van der Waals surface area contributed by atoms with Crippen LogP contribution in [0, 0.1) is 5.82 Å². The third-order valence-corrected chi connectivity index (χ3v) is 5.70. The highest BCUT2D eigenvalue weighted by Crippen LogP contribution is 2.40. The summed E-state index contributed by atoms with van der Waals surface area (Å²) in [4.78, 5) is 14.4. The van der Waals surface area contributed by atoms with Crippen molar-refractivity contribution in [2.45, 2.75) is 50.5 Å². The molecule has 0 unspecified atom stereocenters. The fourth-order valence-electron chi connectivity index (χ4n) is 3.81. The molecule has 1 saturated heterocycles. The van der Waals surface area contributed by atoms with Gasteiger partial charge in [-0.2, -0.15) is 0 Å². The molecule has 2 aromatic rings. The van der Waals surface area contributed by atoms with Gasteiger partial charge in [-0.25, -0.2) is 9.18 Å². The highest BCUT2D eigenvalue weighted by molar-refractivity contribution is 5.74. The van der Waals surface area contributed by atoms with Gasteiger partial charge in [-0.15, -0.1) is 10.2 Å². The lowest BCUT2D eigenvalue weighted by Crippen LogP contribution is -2.47. The summed E-state index contributed by atoms with van der Waals surface area (Å²) < 4.78 is 15.4. The Labute approximate surface area is 170 Å². The number of carbonyl (C=O) groups is 1. The number of carbonyl (C=O) groups excluding carboxylic acids is 1. The molecule has 2 amide bonds. The Morgan fingerprint density at radius 2 is 1.86 bits per heavy atom. The predicted molar refractivity (Wildman–Crippen MR) is 109 cm³/mol. The van der Waals surface area contributed by atoms with Crippen LogP contribution in [-0.4, -0.2) is 58.4 Å². The Kier molecular flexibility index (Phi) is 6.08. The van der Waals surface area contributed by atoms with Gasteiger partial charge in [0, 0.05) is 30.6 Å². The molecule has 0 atom stereocenters. The summed E-state index contributed by atoms with van der Waals surface area (Å²) in [6, 6.07) is 6.62. The molecule has 0 spiro atoms. The largest absolute Gasteiger partial charge is 0.338 e. The van der Waals surface area contributed by atoms with E-state index in [4.69, 9.17) is 0 Å². The first-order valence-electron chi connectivity index (χ1n) is 10.5. The third kappa shape index (κ3) is 5.12. The van der Waals surface area contributed by atoms with Gasteiger partial charge in [-0.05, 0) is 76.5 Å². The van der Waals surface area contributed by atoms with Crippen LogP contribution in [0.3, 0.4) is 0 Å². The Morgan fingerprint density at radius 3 is 2.55 bits per heavy atom. The number of likely N-dealkylation sites (tertiary alicyclic amines) is 1. The Hall–Kier alpha value is -2.48. The first kappa shape index (κ1) is 19.8. The van der Waals surface area contributed by atoms with Crippen LogP contribution in [0.25, 0.3) is 5.69 Å². The number of hydrogen-bond donors (Lipinski definition) is 2. The summed E-state index contributed by atoms with van der Waals surface area (Å²) in [7, 11) is 2.11. The van der Waals surface area contributed by atoms with E-state index in [0.717, 1.165) is 62.5 Å². The first-order chi connectivity index (χ1) is 14.1. The minimum atomic E-state index is -0.254. The van der Waals surface area contributed by atoms with Gasteiger partial charge in [0.2, 0.25) is 0 Å². The standard InChI is InChI=1S/C21H29FN6O/c1-27-13-10-17(11-14-27)24-21(29)23-12-2-3-19-25-26-20(15-4-5-15)28(19)18-8-6-16(22)7-9-18/h6-9,15,17H,2-5,10-14H2,1H3,(H2,23,24,29). The predicted octanol–water partition coefficient (Wildman–Crippen LogP) is 2.61. The van der Waals surface area contributed by atoms with Crippen molar-refractivity contribution < 1.29 is 9.18 Å². The second kappa shape index (κ2) is 8.90. The van der Waals surface area contributed by atoms with Gasteiger partial charge in [0.15, 0.2) is 0 Å². The number of piperidine rings is 1. The Morgan fingerprint density at radius 1 is 1.14 bits per heavy atom. The lowest BCUT2D eigenvalue weighted by Gasteiger charge is -2.29. The van der Waals surface area contributed by atoms with Gasteiger partial charge >= 0.3 is 6.03 Å². The molecule has 156 valence electrons. The molecular weight excluding hydrogens is 371 g/mol. The number of rotatable bonds is 7. The molecule has 8 heteroatoms. The smallest absolute Gasteiger partial charge is 0.315 e. The van der Waals surface area contributed by atoms with Crippen molar-refractivity contribution in [2.75, 3.05) is 26.7 Å². The Bertz CT molecular complexity index is 824. The van der Waals surface area contributed by atoms with E-state index in [2.05, 4.69) is 37.3 Å². The number of benzene rings is 1. The fourth-order valence-corrected chi connectivity index (χ4v) is 3.81. The van der Waals surface area contributed by atoms with Gasteiger partial charge in [0.05, 0.1) is 0 Å². The van der Waals surface area contributed by atoms with E-state index in [-0.39, 0.29) is 17.9 Å². The summed E-state index contributed by atoms with van der Waals surface area (Å²) >= 11 is 0. The van der Waals surface area contributed by atoms with Crippen LogP contribution >= 0.6 is 0 Å². The van der Waals surface area contributed by atoms with Crippen LogP contribution in [0.2, 0.25) is 0 Å². The summed E-state index contributed by atoms with van der Waals surface area (Å²) in [5, 5.41) is 14.8. The van der Waals surface area contributed by atoms with E-state index in [1.54, 1.807) is 12.1 Å². The Balaban J connectivity index is 1.30. The molecule has 2 heterocycles. The summed E-state index contributed by atoms with van der Waals surface area (Å²) in [5.74, 6) is 2.01. The van der Waals surface area contributed by atoms with E-state index in [9.17, 15) is 9.18 Å². The maximum atomic E-state index is 13.3. The van der Waals surface area contributed by atoms with Crippen molar-refractivity contribution in [1.82, 2.24) is 30.3 Å². The molecule has 7 nitrogen and oxygen atoms in total. The number of aromatic nitrogens is 3. The van der Waals surface area contributed by atoms with Crippen LogP contribution in [0.4, 0.5) is 9.18 Å². The molecule has 1 saturated carbocycles. The van der Waals surface area contributed by atoms with Crippen LogP contribution in [0.5, 0.6) is 0 Å². The fraction of sp³-hybridized carbons (Fsp3) is 0.571. The third-order valence-electron chi connectivity index (χ3n) is 5.70. The molecule has 4 rings (SSSR count). The monoisotopic (exact) mass is 400 g/mol. The molecule has 29 heavy (non-hydrogen) atoms. The average Bonchev–Trinajstić information content (AvgIpc) is 3.48. The first-order valence-corrected chi connectivity index (χ1v) is 10.5. The van der Waals surface area contributed by atoms with Crippen molar-refractivity contribution in [3.63, 3.8) is 0 Å². The molecular formula is C21H29FN6O. The van der Waals surface area contributed by atoms with Crippen molar-refractivity contribution >= 4 is 6.03 Å². The number of nitrogens with one attached hydrogen (secondary N) is 2. The second-order valence-electron chi connectivity index (χ2n) is 8.14. The van der Waals surface area contributed by atoms with E-state index >= 15 is 0 Å². The van der Waals surface area contributed by atoms with Crippen LogP contribution in [-0.2, 0) is 6.42 Å². The number of urea groups is 1. The van der Waals surface area contributed by atoms with Gasteiger partial charge < -0.3 is 15.5 Å². The minimum absolute atomic E-state index is 0.0989. The zero-order chi connectivity index (χ0) is 20.2. The summed E-state index contributed by atoms with van der Waals surface area (Å²) in [6.45, 7) is 2.62. The van der Waals surface area contributed by atoms with Gasteiger partial charge in [-0.3, -0.25) is 4.57 Å². The highest BCUT2D eigenvalue weighted by Gasteiger charge is 2.30. The number of aryl methyl sites for hydroxylation is 1.